The second-order valence-corrected chi connectivity index (χ2v) is 5.70. The van der Waals surface area contributed by atoms with E-state index in [9.17, 15) is 5.11 Å². The number of rotatable bonds is 5. The van der Waals surface area contributed by atoms with E-state index in [0.717, 1.165) is 18.7 Å². The van der Waals surface area contributed by atoms with Crippen molar-refractivity contribution in [1.82, 2.24) is 10.1 Å². The Kier molecular flexibility index (Phi) is 3.57. The molecule has 4 nitrogen and oxygen atoms in total. The van der Waals surface area contributed by atoms with E-state index in [1.165, 1.54) is 12.0 Å². The molecule has 1 heterocycles. The highest BCUT2D eigenvalue weighted by Crippen LogP contribution is 2.47. The van der Waals surface area contributed by atoms with E-state index in [0.29, 0.717) is 18.7 Å². The van der Waals surface area contributed by atoms with Crippen molar-refractivity contribution in [3.8, 4) is 0 Å². The molecule has 3 rings (SSSR count). The molecule has 20 heavy (non-hydrogen) atoms. The van der Waals surface area contributed by atoms with Crippen molar-refractivity contribution in [3.05, 3.63) is 47.6 Å². The Balaban J connectivity index is 1.84. The van der Waals surface area contributed by atoms with Gasteiger partial charge in [0.2, 0.25) is 5.89 Å². The van der Waals surface area contributed by atoms with Gasteiger partial charge in [-0.05, 0) is 31.7 Å². The number of aliphatic hydroxyl groups excluding tert-OH is 1. The zero-order chi connectivity index (χ0) is 14.0. The Morgan fingerprint density at radius 2 is 2.05 bits per heavy atom. The molecule has 1 saturated carbocycles. The van der Waals surface area contributed by atoms with Crippen LogP contribution in [0.4, 0.5) is 0 Å². The van der Waals surface area contributed by atoms with Crippen LogP contribution in [0, 0.1) is 0 Å². The van der Waals surface area contributed by atoms with Crippen molar-refractivity contribution in [2.75, 3.05) is 0 Å². The van der Waals surface area contributed by atoms with E-state index >= 15 is 0 Å². The normalized spacial score (nSPS) is 18.5. The third kappa shape index (κ3) is 2.36. The van der Waals surface area contributed by atoms with Gasteiger partial charge in [-0.15, -0.1) is 0 Å². The van der Waals surface area contributed by atoms with Crippen LogP contribution in [0.5, 0.6) is 0 Å². The monoisotopic (exact) mass is 272 g/mol. The summed E-state index contributed by atoms with van der Waals surface area (Å²) in [4.78, 5) is 4.56. The van der Waals surface area contributed by atoms with E-state index in [2.05, 4.69) is 34.4 Å². The van der Waals surface area contributed by atoms with Crippen molar-refractivity contribution in [2.24, 2.45) is 0 Å². The predicted octanol–water partition coefficient (Wildman–Crippen LogP) is 2.85. The van der Waals surface area contributed by atoms with E-state index in [1.807, 2.05) is 6.07 Å². The summed E-state index contributed by atoms with van der Waals surface area (Å²) in [5.74, 6) is 1.43. The summed E-state index contributed by atoms with van der Waals surface area (Å²) < 4.78 is 5.35. The van der Waals surface area contributed by atoms with E-state index in [1.54, 1.807) is 6.92 Å². The van der Waals surface area contributed by atoms with Gasteiger partial charge >= 0.3 is 0 Å². The summed E-state index contributed by atoms with van der Waals surface area (Å²) in [6, 6.07) is 10.4. The molecule has 1 aromatic carbocycles. The maximum Gasteiger partial charge on any atom is 0.226 e. The lowest BCUT2D eigenvalue weighted by molar-refractivity contribution is 0.180. The van der Waals surface area contributed by atoms with E-state index < -0.39 is 0 Å². The van der Waals surface area contributed by atoms with Gasteiger partial charge in [0.25, 0.3) is 0 Å². The first-order chi connectivity index (χ1) is 9.71. The molecule has 1 aromatic heterocycles. The summed E-state index contributed by atoms with van der Waals surface area (Å²) >= 11 is 0. The van der Waals surface area contributed by atoms with Crippen molar-refractivity contribution in [3.63, 3.8) is 0 Å². The van der Waals surface area contributed by atoms with E-state index in [-0.39, 0.29) is 11.5 Å². The van der Waals surface area contributed by atoms with Crippen LogP contribution in [-0.4, -0.2) is 21.4 Å². The standard InChI is InChI=1S/C16H20N2O2/c1-12(19)8-9-14-17-15(18-20-14)16(10-5-11-16)13-6-3-2-4-7-13/h2-4,6-7,12,19H,5,8-11H2,1H3. The number of hydrogen-bond donors (Lipinski definition) is 1. The molecule has 0 aliphatic heterocycles. The van der Waals surface area contributed by atoms with Gasteiger partial charge in [-0.2, -0.15) is 4.98 Å². The molecule has 1 aliphatic carbocycles. The topological polar surface area (TPSA) is 59.2 Å². The number of aliphatic hydroxyl groups is 1. The van der Waals surface area contributed by atoms with Gasteiger partial charge in [0.15, 0.2) is 5.82 Å². The van der Waals surface area contributed by atoms with Gasteiger partial charge < -0.3 is 9.63 Å². The zero-order valence-corrected chi connectivity index (χ0v) is 11.7. The molecule has 106 valence electrons. The molecule has 0 radical (unpaired) electrons. The minimum atomic E-state index is -0.336. The number of nitrogens with zero attached hydrogens (tertiary/aromatic N) is 2. The minimum absolute atomic E-state index is 0.0617. The van der Waals surface area contributed by atoms with Crippen LogP contribution in [0.25, 0.3) is 0 Å². The predicted molar refractivity (Wildman–Crippen MR) is 75.4 cm³/mol. The van der Waals surface area contributed by atoms with Crippen LogP contribution >= 0.6 is 0 Å². The van der Waals surface area contributed by atoms with Crippen LogP contribution in [-0.2, 0) is 11.8 Å². The SMILES string of the molecule is CC(O)CCc1nc(C2(c3ccccc3)CCC2)no1. The van der Waals surface area contributed by atoms with Crippen LogP contribution in [0.3, 0.4) is 0 Å². The van der Waals surface area contributed by atoms with Crippen LogP contribution in [0.1, 0.15) is 49.9 Å². The highest BCUT2D eigenvalue weighted by Gasteiger charge is 2.44. The Hall–Kier alpha value is -1.68. The second-order valence-electron chi connectivity index (χ2n) is 5.70. The number of benzene rings is 1. The average molecular weight is 272 g/mol. The summed E-state index contributed by atoms with van der Waals surface area (Å²) in [5.41, 5.74) is 1.21. The van der Waals surface area contributed by atoms with Gasteiger partial charge in [-0.25, -0.2) is 0 Å². The van der Waals surface area contributed by atoms with Crippen molar-refractivity contribution in [2.45, 2.75) is 50.5 Å². The fourth-order valence-electron chi connectivity index (χ4n) is 2.81. The van der Waals surface area contributed by atoms with Gasteiger partial charge in [0.05, 0.1) is 11.5 Å². The van der Waals surface area contributed by atoms with Crippen LogP contribution in [0.2, 0.25) is 0 Å². The largest absolute Gasteiger partial charge is 0.393 e. The number of hydrogen-bond acceptors (Lipinski definition) is 4. The van der Waals surface area contributed by atoms with Crippen molar-refractivity contribution < 1.29 is 9.63 Å². The van der Waals surface area contributed by atoms with Crippen molar-refractivity contribution in [1.29, 1.82) is 0 Å². The molecule has 4 heteroatoms. The van der Waals surface area contributed by atoms with E-state index in [4.69, 9.17) is 4.52 Å². The lowest BCUT2D eigenvalue weighted by Crippen LogP contribution is -2.36. The maximum atomic E-state index is 9.33. The Morgan fingerprint density at radius 1 is 1.30 bits per heavy atom. The first kappa shape index (κ1) is 13.3. The van der Waals surface area contributed by atoms with Gasteiger partial charge in [0.1, 0.15) is 0 Å². The molecule has 1 fully saturated rings. The highest BCUT2D eigenvalue weighted by atomic mass is 16.5. The van der Waals surface area contributed by atoms with Gasteiger partial charge in [-0.1, -0.05) is 41.9 Å². The van der Waals surface area contributed by atoms with Crippen LogP contribution in [0.15, 0.2) is 34.9 Å². The zero-order valence-electron chi connectivity index (χ0n) is 11.7. The summed E-state index contributed by atoms with van der Waals surface area (Å²) in [6.07, 6.45) is 4.30. The third-order valence-corrected chi connectivity index (χ3v) is 4.21. The molecular weight excluding hydrogens is 252 g/mol. The molecule has 0 bridgehead atoms. The molecule has 0 saturated heterocycles. The smallest absolute Gasteiger partial charge is 0.226 e. The highest BCUT2D eigenvalue weighted by molar-refractivity contribution is 5.35. The average Bonchev–Trinajstić information content (AvgIpc) is 2.85. The quantitative estimate of drug-likeness (QED) is 0.909. The fourth-order valence-corrected chi connectivity index (χ4v) is 2.81. The number of aromatic nitrogens is 2. The Bertz CT molecular complexity index is 559. The lowest BCUT2D eigenvalue weighted by Gasteiger charge is -2.39. The molecule has 2 aromatic rings. The summed E-state index contributed by atoms with van der Waals surface area (Å²) in [7, 11) is 0. The fraction of sp³-hybridized carbons (Fsp3) is 0.500. The number of aryl methyl sites for hydroxylation is 1. The van der Waals surface area contributed by atoms with Gasteiger partial charge in [-0.3, -0.25) is 0 Å². The Labute approximate surface area is 118 Å². The maximum absolute atomic E-state index is 9.33. The minimum Gasteiger partial charge on any atom is -0.393 e. The molecule has 1 atom stereocenters. The molecule has 1 aliphatic rings. The molecule has 1 N–H and O–H groups in total. The molecular formula is C16H20N2O2. The van der Waals surface area contributed by atoms with Crippen LogP contribution < -0.4 is 0 Å². The lowest BCUT2D eigenvalue weighted by atomic mass is 9.64. The molecule has 0 amide bonds. The molecule has 0 spiro atoms. The summed E-state index contributed by atoms with van der Waals surface area (Å²) in [6.45, 7) is 1.77. The Morgan fingerprint density at radius 3 is 2.65 bits per heavy atom. The first-order valence-electron chi connectivity index (χ1n) is 7.27. The third-order valence-electron chi connectivity index (χ3n) is 4.21. The summed E-state index contributed by atoms with van der Waals surface area (Å²) in [5, 5.41) is 13.5. The van der Waals surface area contributed by atoms with Gasteiger partial charge in [0, 0.05) is 6.42 Å². The van der Waals surface area contributed by atoms with Crippen molar-refractivity contribution >= 4 is 0 Å². The molecule has 1 unspecified atom stereocenters. The first-order valence-corrected chi connectivity index (χ1v) is 7.27. The second kappa shape index (κ2) is 5.37.